The minimum absolute atomic E-state index is 0.173. The molecule has 1 aromatic carbocycles. The summed E-state index contributed by atoms with van der Waals surface area (Å²) in [6.07, 6.45) is 2.16. The van der Waals surface area contributed by atoms with Gasteiger partial charge in [-0.05, 0) is 12.0 Å². The Morgan fingerprint density at radius 1 is 1.30 bits per heavy atom. The summed E-state index contributed by atoms with van der Waals surface area (Å²) in [5.74, 6) is -0.964. The number of unbranched alkanes of at least 4 members (excludes halogenated alkanes) is 1. The Bertz CT molecular complexity index is 422. The van der Waals surface area contributed by atoms with Crippen molar-refractivity contribution in [3.05, 3.63) is 35.9 Å². The second-order valence-corrected chi connectivity index (χ2v) is 4.73. The molecule has 0 saturated heterocycles. The van der Waals surface area contributed by atoms with E-state index in [-0.39, 0.29) is 11.8 Å². The maximum Gasteiger partial charge on any atom is 0.328 e. The summed E-state index contributed by atoms with van der Waals surface area (Å²) < 4.78 is 5.17. The van der Waals surface area contributed by atoms with Crippen LogP contribution in [-0.4, -0.2) is 30.4 Å². The van der Waals surface area contributed by atoms with Crippen molar-refractivity contribution in [3.8, 4) is 0 Å². The van der Waals surface area contributed by atoms with Crippen LogP contribution in [0.4, 0.5) is 0 Å². The molecule has 0 bridgehead atoms. The van der Waals surface area contributed by atoms with Crippen molar-refractivity contribution >= 4 is 23.5 Å². The Kier molecular flexibility index (Phi) is 7.73. The Morgan fingerprint density at radius 2 is 2.00 bits per heavy atom. The number of rotatable bonds is 8. The lowest BCUT2D eigenvalue weighted by atomic mass is 10.1. The van der Waals surface area contributed by atoms with Gasteiger partial charge in [0.15, 0.2) is 0 Å². The van der Waals surface area contributed by atoms with Gasteiger partial charge in [0, 0.05) is 6.42 Å². The van der Waals surface area contributed by atoms with Crippen molar-refractivity contribution in [2.45, 2.75) is 32.2 Å². The second kappa shape index (κ2) is 9.37. The summed E-state index contributed by atoms with van der Waals surface area (Å²) >= 11 is 5.47. The molecule has 20 heavy (non-hydrogen) atoms. The molecule has 0 aliphatic heterocycles. The Labute approximate surface area is 124 Å². The third kappa shape index (κ3) is 6.06. The number of halogens is 1. The summed E-state index contributed by atoms with van der Waals surface area (Å²) in [6.45, 7) is 2.39. The van der Waals surface area contributed by atoms with Crippen molar-refractivity contribution in [1.82, 2.24) is 5.32 Å². The van der Waals surface area contributed by atoms with Crippen molar-refractivity contribution in [2.75, 3.05) is 12.5 Å². The molecule has 1 aromatic rings. The van der Waals surface area contributed by atoms with Gasteiger partial charge in [-0.25, -0.2) is 4.79 Å². The van der Waals surface area contributed by atoms with E-state index in [9.17, 15) is 9.59 Å². The fourth-order valence-corrected chi connectivity index (χ4v) is 1.77. The molecule has 110 valence electrons. The average Bonchev–Trinajstić information content (AvgIpc) is 2.47. The highest BCUT2D eigenvalue weighted by molar-refractivity contribution is 6.27. The summed E-state index contributed by atoms with van der Waals surface area (Å²) in [5.41, 5.74) is 0.958. The van der Waals surface area contributed by atoms with Gasteiger partial charge in [-0.15, -0.1) is 11.6 Å². The van der Waals surface area contributed by atoms with Crippen molar-refractivity contribution in [2.24, 2.45) is 0 Å². The van der Waals surface area contributed by atoms with E-state index >= 15 is 0 Å². The number of amides is 1. The third-order valence-electron chi connectivity index (χ3n) is 2.77. The van der Waals surface area contributed by atoms with E-state index < -0.39 is 12.0 Å². The van der Waals surface area contributed by atoms with Crippen LogP contribution in [0.5, 0.6) is 0 Å². The van der Waals surface area contributed by atoms with Crippen LogP contribution in [-0.2, 0) is 20.7 Å². The number of hydrogen-bond acceptors (Lipinski definition) is 3. The lowest BCUT2D eigenvalue weighted by Gasteiger charge is -2.17. The largest absolute Gasteiger partial charge is 0.464 e. The van der Waals surface area contributed by atoms with Gasteiger partial charge in [-0.3, -0.25) is 4.79 Å². The van der Waals surface area contributed by atoms with Crippen LogP contribution >= 0.6 is 11.6 Å². The number of esters is 1. The zero-order valence-electron chi connectivity index (χ0n) is 11.6. The van der Waals surface area contributed by atoms with Gasteiger partial charge in [0.25, 0.3) is 0 Å². The SMILES string of the molecule is CCCCOC(=O)[C@H](Cc1ccccc1)NC(=O)CCl. The number of carbonyl (C=O) groups excluding carboxylic acids is 2. The molecular formula is C15H20ClNO3. The molecule has 0 fully saturated rings. The fraction of sp³-hybridized carbons (Fsp3) is 0.467. The van der Waals surface area contributed by atoms with Gasteiger partial charge in [-0.1, -0.05) is 43.7 Å². The van der Waals surface area contributed by atoms with Gasteiger partial charge in [-0.2, -0.15) is 0 Å². The molecule has 4 nitrogen and oxygen atoms in total. The summed E-state index contributed by atoms with van der Waals surface area (Å²) in [4.78, 5) is 23.4. The molecule has 0 aliphatic rings. The molecular weight excluding hydrogens is 278 g/mol. The molecule has 1 rings (SSSR count). The molecule has 0 unspecified atom stereocenters. The van der Waals surface area contributed by atoms with E-state index in [4.69, 9.17) is 16.3 Å². The molecule has 1 atom stereocenters. The first-order valence-corrected chi connectivity index (χ1v) is 7.26. The molecule has 0 aliphatic carbocycles. The third-order valence-corrected chi connectivity index (χ3v) is 3.01. The van der Waals surface area contributed by atoms with E-state index in [0.29, 0.717) is 13.0 Å². The van der Waals surface area contributed by atoms with Gasteiger partial charge < -0.3 is 10.1 Å². The molecule has 0 saturated carbocycles. The van der Waals surface area contributed by atoms with Gasteiger partial charge in [0.05, 0.1) is 6.61 Å². The van der Waals surface area contributed by atoms with Gasteiger partial charge in [0.2, 0.25) is 5.91 Å². The highest BCUT2D eigenvalue weighted by Crippen LogP contribution is 2.05. The quantitative estimate of drug-likeness (QED) is 0.455. The van der Waals surface area contributed by atoms with E-state index in [1.165, 1.54) is 0 Å². The Hall–Kier alpha value is -1.55. The topological polar surface area (TPSA) is 55.4 Å². The highest BCUT2D eigenvalue weighted by atomic mass is 35.5. The zero-order valence-corrected chi connectivity index (χ0v) is 12.4. The minimum atomic E-state index is -0.694. The molecule has 0 spiro atoms. The fourth-order valence-electron chi connectivity index (χ4n) is 1.69. The summed E-state index contributed by atoms with van der Waals surface area (Å²) in [5, 5.41) is 2.60. The van der Waals surface area contributed by atoms with E-state index in [0.717, 1.165) is 18.4 Å². The molecule has 0 heterocycles. The first-order valence-electron chi connectivity index (χ1n) is 6.73. The maximum atomic E-state index is 12.0. The number of carbonyl (C=O) groups is 2. The second-order valence-electron chi connectivity index (χ2n) is 4.46. The lowest BCUT2D eigenvalue weighted by molar-refractivity contribution is -0.147. The van der Waals surface area contributed by atoms with Crippen LogP contribution in [0.25, 0.3) is 0 Å². The Morgan fingerprint density at radius 3 is 2.60 bits per heavy atom. The van der Waals surface area contributed by atoms with Crippen LogP contribution < -0.4 is 5.32 Å². The molecule has 0 aromatic heterocycles. The van der Waals surface area contributed by atoms with Crippen LogP contribution in [0.2, 0.25) is 0 Å². The average molecular weight is 298 g/mol. The smallest absolute Gasteiger partial charge is 0.328 e. The monoisotopic (exact) mass is 297 g/mol. The maximum absolute atomic E-state index is 12.0. The molecule has 1 N–H and O–H groups in total. The summed E-state index contributed by atoms with van der Waals surface area (Å²) in [6, 6.07) is 8.78. The molecule has 5 heteroatoms. The van der Waals surface area contributed by atoms with E-state index in [1.807, 2.05) is 37.3 Å². The van der Waals surface area contributed by atoms with Crippen molar-refractivity contribution in [1.29, 1.82) is 0 Å². The number of alkyl halides is 1. The highest BCUT2D eigenvalue weighted by Gasteiger charge is 2.22. The molecule has 1 amide bonds. The lowest BCUT2D eigenvalue weighted by Crippen LogP contribution is -2.44. The van der Waals surface area contributed by atoms with Crippen molar-refractivity contribution < 1.29 is 14.3 Å². The predicted molar refractivity (Wildman–Crippen MR) is 78.7 cm³/mol. The zero-order chi connectivity index (χ0) is 14.8. The van der Waals surface area contributed by atoms with E-state index in [1.54, 1.807) is 0 Å². The Balaban J connectivity index is 2.64. The predicted octanol–water partition coefficient (Wildman–Crippen LogP) is 2.30. The van der Waals surface area contributed by atoms with Gasteiger partial charge >= 0.3 is 5.97 Å². The summed E-state index contributed by atoms with van der Waals surface area (Å²) in [7, 11) is 0. The first kappa shape index (κ1) is 16.5. The number of ether oxygens (including phenoxy) is 1. The standard InChI is InChI=1S/C15H20ClNO3/c1-2-3-9-20-15(19)13(17-14(18)11-16)10-12-7-5-4-6-8-12/h4-8,13H,2-3,9-11H2,1H3,(H,17,18)/t13-/m0/s1. The van der Waals surface area contributed by atoms with Crippen molar-refractivity contribution in [3.63, 3.8) is 0 Å². The normalized spacial score (nSPS) is 11.7. The molecule has 0 radical (unpaired) electrons. The van der Waals surface area contributed by atoms with E-state index in [2.05, 4.69) is 5.32 Å². The van der Waals surface area contributed by atoms with Crippen LogP contribution in [0.15, 0.2) is 30.3 Å². The van der Waals surface area contributed by atoms with Crippen LogP contribution in [0.3, 0.4) is 0 Å². The van der Waals surface area contributed by atoms with Crippen LogP contribution in [0.1, 0.15) is 25.3 Å². The number of benzene rings is 1. The first-order chi connectivity index (χ1) is 9.67. The van der Waals surface area contributed by atoms with Crippen LogP contribution in [0, 0.1) is 0 Å². The number of hydrogen-bond donors (Lipinski definition) is 1. The minimum Gasteiger partial charge on any atom is -0.464 e. The number of nitrogens with one attached hydrogen (secondary N) is 1. The van der Waals surface area contributed by atoms with Gasteiger partial charge in [0.1, 0.15) is 11.9 Å².